The van der Waals surface area contributed by atoms with Crippen LogP contribution < -0.4 is 5.32 Å². The van der Waals surface area contributed by atoms with Gasteiger partial charge >= 0.3 is 0 Å². The third kappa shape index (κ3) is 4.15. The zero-order chi connectivity index (χ0) is 20.4. The van der Waals surface area contributed by atoms with Crippen molar-refractivity contribution in [3.05, 3.63) is 54.6 Å². The fourth-order valence-electron chi connectivity index (χ4n) is 3.47. The van der Waals surface area contributed by atoms with E-state index in [0.29, 0.717) is 30.8 Å². The summed E-state index contributed by atoms with van der Waals surface area (Å²) in [5, 5.41) is 2.66. The molecule has 1 aliphatic heterocycles. The van der Waals surface area contributed by atoms with E-state index in [2.05, 4.69) is 10.3 Å². The molecule has 0 spiro atoms. The van der Waals surface area contributed by atoms with Crippen molar-refractivity contribution in [1.82, 2.24) is 13.9 Å². The van der Waals surface area contributed by atoms with Crippen molar-refractivity contribution in [1.29, 1.82) is 0 Å². The van der Waals surface area contributed by atoms with Crippen LogP contribution in [-0.4, -0.2) is 41.3 Å². The van der Waals surface area contributed by atoms with Crippen molar-refractivity contribution >= 4 is 32.7 Å². The van der Waals surface area contributed by atoms with Gasteiger partial charge in [0.2, 0.25) is 15.9 Å². The second kappa shape index (κ2) is 7.92. The largest absolute Gasteiger partial charge is 0.330 e. The second-order valence-electron chi connectivity index (χ2n) is 7.01. The zero-order valence-corrected chi connectivity index (χ0v) is 16.5. The summed E-state index contributed by atoms with van der Waals surface area (Å²) in [5.41, 5.74) is 1.72. The summed E-state index contributed by atoms with van der Waals surface area (Å²) >= 11 is 0. The quantitative estimate of drug-likeness (QED) is 0.670. The van der Waals surface area contributed by atoms with Gasteiger partial charge in [0.15, 0.2) is 0 Å². The maximum atomic E-state index is 13.2. The Bertz CT molecular complexity index is 1150. The number of hydrogen-bond donors (Lipinski definition) is 1. The van der Waals surface area contributed by atoms with E-state index < -0.39 is 15.8 Å². The zero-order valence-electron chi connectivity index (χ0n) is 15.7. The summed E-state index contributed by atoms with van der Waals surface area (Å²) in [6.07, 6.45) is 3.53. The summed E-state index contributed by atoms with van der Waals surface area (Å²) in [4.78, 5) is 16.7. The average molecular weight is 416 g/mol. The van der Waals surface area contributed by atoms with Gasteiger partial charge in [0.05, 0.1) is 22.3 Å². The van der Waals surface area contributed by atoms with Crippen LogP contribution in [0, 0.1) is 5.82 Å². The van der Waals surface area contributed by atoms with Gasteiger partial charge in [-0.15, -0.1) is 0 Å². The molecule has 0 radical (unpaired) electrons. The number of amides is 1. The number of halogens is 1. The van der Waals surface area contributed by atoms with E-state index >= 15 is 0 Å². The Balaban J connectivity index is 1.46. The average Bonchev–Trinajstić information content (AvgIpc) is 3.36. The Morgan fingerprint density at radius 3 is 2.69 bits per heavy atom. The van der Waals surface area contributed by atoms with E-state index in [9.17, 15) is 17.6 Å². The molecule has 0 aliphatic carbocycles. The van der Waals surface area contributed by atoms with Gasteiger partial charge in [-0.05, 0) is 49.2 Å². The smallest absolute Gasteiger partial charge is 0.243 e. The minimum atomic E-state index is -3.50. The fraction of sp³-hybridized carbons (Fsp3) is 0.300. The lowest BCUT2D eigenvalue weighted by molar-refractivity contribution is -0.116. The van der Waals surface area contributed by atoms with Crippen molar-refractivity contribution < 1.29 is 17.6 Å². The highest BCUT2D eigenvalue weighted by Gasteiger charge is 2.27. The molecule has 1 aliphatic rings. The predicted octanol–water partition coefficient (Wildman–Crippen LogP) is 2.99. The molecule has 1 N–H and O–H groups in total. The molecule has 1 aromatic heterocycles. The molecule has 0 saturated carbocycles. The van der Waals surface area contributed by atoms with Crippen molar-refractivity contribution in [2.75, 3.05) is 18.4 Å². The molecular formula is C20H21FN4O3S. The molecule has 2 heterocycles. The molecule has 1 amide bonds. The monoisotopic (exact) mass is 416 g/mol. The number of nitrogens with one attached hydrogen (secondary N) is 1. The summed E-state index contributed by atoms with van der Waals surface area (Å²) < 4.78 is 41.9. The van der Waals surface area contributed by atoms with E-state index in [1.807, 2.05) is 0 Å². The number of nitrogens with zero attached hydrogens (tertiary/aromatic N) is 3. The molecule has 9 heteroatoms. The Morgan fingerprint density at radius 2 is 1.93 bits per heavy atom. The first-order valence-corrected chi connectivity index (χ1v) is 10.9. The van der Waals surface area contributed by atoms with Crippen LogP contribution in [0.15, 0.2) is 53.7 Å². The standard InChI is InChI=1S/C20H21FN4O3S/c21-15-4-3-5-16(12-15)23-20(26)8-11-24-14-22-18-13-17(6-7-19(18)24)29(27,28)25-9-1-2-10-25/h3-7,12-14H,1-2,8-11H2,(H,23,26). The van der Waals surface area contributed by atoms with Crippen molar-refractivity contribution in [3.8, 4) is 0 Å². The number of benzene rings is 2. The molecule has 2 aromatic carbocycles. The molecule has 7 nitrogen and oxygen atoms in total. The van der Waals surface area contributed by atoms with Gasteiger partial charge < -0.3 is 9.88 Å². The lowest BCUT2D eigenvalue weighted by Crippen LogP contribution is -2.27. The topological polar surface area (TPSA) is 84.3 Å². The van der Waals surface area contributed by atoms with Gasteiger partial charge in [0.1, 0.15) is 5.82 Å². The molecule has 29 heavy (non-hydrogen) atoms. The molecule has 3 aromatic rings. The summed E-state index contributed by atoms with van der Waals surface area (Å²) in [6, 6.07) is 10.6. The Labute approximate surface area is 168 Å². The first-order valence-electron chi connectivity index (χ1n) is 9.44. The van der Waals surface area contributed by atoms with Crippen LogP contribution in [0.5, 0.6) is 0 Å². The number of carbonyl (C=O) groups excluding carboxylic acids is 1. The molecule has 0 unspecified atom stereocenters. The van der Waals surface area contributed by atoms with E-state index in [4.69, 9.17) is 0 Å². The third-order valence-electron chi connectivity index (χ3n) is 4.98. The normalized spacial score (nSPS) is 15.1. The Morgan fingerprint density at radius 1 is 1.14 bits per heavy atom. The number of sulfonamides is 1. The Kier molecular flexibility index (Phi) is 5.33. The summed E-state index contributed by atoms with van der Waals surface area (Å²) in [7, 11) is -3.50. The fourth-order valence-corrected chi connectivity index (χ4v) is 5.01. The maximum absolute atomic E-state index is 13.2. The number of aryl methyl sites for hydroxylation is 1. The van der Waals surface area contributed by atoms with Crippen molar-refractivity contribution in [2.45, 2.75) is 30.7 Å². The highest BCUT2D eigenvalue weighted by Crippen LogP contribution is 2.24. The molecular weight excluding hydrogens is 395 g/mol. The number of rotatable bonds is 6. The lowest BCUT2D eigenvalue weighted by Gasteiger charge is -2.15. The highest BCUT2D eigenvalue weighted by molar-refractivity contribution is 7.89. The minimum absolute atomic E-state index is 0.176. The van der Waals surface area contributed by atoms with Crippen LogP contribution in [0.2, 0.25) is 0 Å². The number of imidazole rings is 1. The maximum Gasteiger partial charge on any atom is 0.243 e. The predicted molar refractivity (Wildman–Crippen MR) is 107 cm³/mol. The third-order valence-corrected chi connectivity index (χ3v) is 6.88. The van der Waals surface area contributed by atoms with Crippen LogP contribution in [0.3, 0.4) is 0 Å². The molecule has 1 fully saturated rings. The van der Waals surface area contributed by atoms with E-state index in [1.54, 1.807) is 35.2 Å². The van der Waals surface area contributed by atoms with Crippen LogP contribution in [0.1, 0.15) is 19.3 Å². The molecule has 4 rings (SSSR count). The van der Waals surface area contributed by atoms with Crippen LogP contribution in [0.25, 0.3) is 11.0 Å². The van der Waals surface area contributed by atoms with Gasteiger partial charge in [0, 0.05) is 31.7 Å². The van der Waals surface area contributed by atoms with E-state index in [1.165, 1.54) is 22.5 Å². The van der Waals surface area contributed by atoms with Gasteiger partial charge in [-0.3, -0.25) is 4.79 Å². The Hall–Kier alpha value is -2.78. The molecule has 0 atom stereocenters. The van der Waals surface area contributed by atoms with Crippen LogP contribution in [0.4, 0.5) is 10.1 Å². The van der Waals surface area contributed by atoms with E-state index in [-0.39, 0.29) is 17.2 Å². The van der Waals surface area contributed by atoms with E-state index in [0.717, 1.165) is 18.4 Å². The summed E-state index contributed by atoms with van der Waals surface area (Å²) in [5.74, 6) is -0.659. The molecule has 0 bridgehead atoms. The first-order chi connectivity index (χ1) is 13.9. The number of carbonyl (C=O) groups is 1. The van der Waals surface area contributed by atoms with Gasteiger partial charge in [-0.1, -0.05) is 6.07 Å². The summed E-state index contributed by atoms with van der Waals surface area (Å²) in [6.45, 7) is 1.47. The van der Waals surface area contributed by atoms with Crippen LogP contribution in [-0.2, 0) is 21.4 Å². The number of fused-ring (bicyclic) bond motifs is 1. The highest BCUT2D eigenvalue weighted by atomic mass is 32.2. The van der Waals surface area contributed by atoms with Crippen LogP contribution >= 0.6 is 0 Å². The molecule has 1 saturated heterocycles. The number of anilines is 1. The number of aromatic nitrogens is 2. The van der Waals surface area contributed by atoms with Crippen molar-refractivity contribution in [3.63, 3.8) is 0 Å². The van der Waals surface area contributed by atoms with Gasteiger partial charge in [-0.2, -0.15) is 4.31 Å². The first kappa shape index (κ1) is 19.5. The SMILES string of the molecule is O=C(CCn1cnc2cc(S(=O)(=O)N3CCCC3)ccc21)Nc1cccc(F)c1. The van der Waals surface area contributed by atoms with Gasteiger partial charge in [-0.25, -0.2) is 17.8 Å². The van der Waals surface area contributed by atoms with Crippen molar-refractivity contribution in [2.24, 2.45) is 0 Å². The second-order valence-corrected chi connectivity index (χ2v) is 8.95. The number of hydrogen-bond acceptors (Lipinski definition) is 4. The lowest BCUT2D eigenvalue weighted by atomic mass is 10.3. The minimum Gasteiger partial charge on any atom is -0.330 e. The van der Waals surface area contributed by atoms with Gasteiger partial charge in [0.25, 0.3) is 0 Å². The molecule has 152 valence electrons.